The molecule has 0 aromatic heterocycles. The van der Waals surface area contributed by atoms with Crippen molar-refractivity contribution in [2.75, 3.05) is 7.05 Å². The highest BCUT2D eigenvalue weighted by Crippen LogP contribution is 2.10. The molecule has 0 rings (SSSR count). The molecule has 0 heterocycles. The van der Waals surface area contributed by atoms with Gasteiger partial charge in [0, 0.05) is 6.04 Å². The van der Waals surface area contributed by atoms with E-state index in [2.05, 4.69) is 5.32 Å². The second-order valence-electron chi connectivity index (χ2n) is 2.81. The molecule has 0 aliphatic heterocycles. The molecular formula is C8H17NO2. The molecule has 0 radical (unpaired) electrons. The Hall–Kier alpha value is -0.570. The molecule has 66 valence electrons. The molecule has 3 heteroatoms. The molecule has 0 bridgehead atoms. The van der Waals surface area contributed by atoms with Crippen LogP contribution in [0.15, 0.2) is 0 Å². The van der Waals surface area contributed by atoms with E-state index in [9.17, 15) is 4.79 Å². The number of carbonyl (C=O) groups is 1. The predicted octanol–water partition coefficient (Wildman–Crippen LogP) is 1.10. The second kappa shape index (κ2) is 5.13. The Bertz CT molecular complexity index is 125. The highest BCUT2D eigenvalue weighted by molar-refractivity contribution is 5.70. The Balaban J connectivity index is 3.97. The van der Waals surface area contributed by atoms with Crippen LogP contribution in [0.4, 0.5) is 0 Å². The molecule has 0 aliphatic carbocycles. The Kier molecular flexibility index (Phi) is 4.86. The molecule has 0 aliphatic rings. The third-order valence-corrected chi connectivity index (χ3v) is 1.98. The fourth-order valence-corrected chi connectivity index (χ4v) is 1.10. The van der Waals surface area contributed by atoms with Crippen LogP contribution < -0.4 is 5.32 Å². The minimum atomic E-state index is -0.700. The van der Waals surface area contributed by atoms with Gasteiger partial charge in [0.05, 0.1) is 5.92 Å². The number of nitrogens with one attached hydrogen (secondary N) is 1. The molecule has 2 unspecified atom stereocenters. The third-order valence-electron chi connectivity index (χ3n) is 1.98. The van der Waals surface area contributed by atoms with Gasteiger partial charge in [0.1, 0.15) is 0 Å². The van der Waals surface area contributed by atoms with E-state index in [4.69, 9.17) is 5.11 Å². The van der Waals surface area contributed by atoms with Gasteiger partial charge in [0.2, 0.25) is 0 Å². The topological polar surface area (TPSA) is 49.3 Å². The molecule has 11 heavy (non-hydrogen) atoms. The Morgan fingerprint density at radius 1 is 1.64 bits per heavy atom. The molecule has 0 saturated heterocycles. The van der Waals surface area contributed by atoms with Gasteiger partial charge in [-0.25, -0.2) is 0 Å². The van der Waals surface area contributed by atoms with Crippen molar-refractivity contribution in [1.29, 1.82) is 0 Å². The summed E-state index contributed by atoms with van der Waals surface area (Å²) in [6.07, 6.45) is 1.67. The van der Waals surface area contributed by atoms with Crippen LogP contribution in [0, 0.1) is 5.92 Å². The predicted molar refractivity (Wildman–Crippen MR) is 44.6 cm³/mol. The third kappa shape index (κ3) is 3.37. The Labute approximate surface area is 67.8 Å². The number of aliphatic carboxylic acids is 1. The number of hydrogen-bond acceptors (Lipinski definition) is 2. The van der Waals surface area contributed by atoms with Crippen molar-refractivity contribution in [3.63, 3.8) is 0 Å². The fourth-order valence-electron chi connectivity index (χ4n) is 1.10. The first-order valence-electron chi connectivity index (χ1n) is 4.03. The van der Waals surface area contributed by atoms with Gasteiger partial charge in [0.25, 0.3) is 0 Å². The Morgan fingerprint density at radius 2 is 2.18 bits per heavy atom. The largest absolute Gasteiger partial charge is 0.481 e. The van der Waals surface area contributed by atoms with Crippen molar-refractivity contribution in [2.24, 2.45) is 5.92 Å². The number of carboxylic acid groups (broad SMARTS) is 1. The number of carboxylic acids is 1. The van der Waals surface area contributed by atoms with E-state index in [0.717, 1.165) is 12.8 Å². The number of rotatable bonds is 5. The lowest BCUT2D eigenvalue weighted by atomic mass is 9.96. The maximum Gasteiger partial charge on any atom is 0.308 e. The van der Waals surface area contributed by atoms with Gasteiger partial charge in [-0.1, -0.05) is 13.3 Å². The molecule has 2 N–H and O–H groups in total. The lowest BCUT2D eigenvalue weighted by Crippen LogP contribution is -2.35. The minimum absolute atomic E-state index is 0.0625. The number of hydrogen-bond donors (Lipinski definition) is 2. The van der Waals surface area contributed by atoms with Crippen LogP contribution in [0.3, 0.4) is 0 Å². The molecule has 0 spiro atoms. The summed E-state index contributed by atoms with van der Waals surface area (Å²) in [6, 6.07) is 0.0625. The zero-order chi connectivity index (χ0) is 8.85. The normalized spacial score (nSPS) is 15.9. The van der Waals surface area contributed by atoms with Crippen molar-refractivity contribution in [3.8, 4) is 0 Å². The summed E-state index contributed by atoms with van der Waals surface area (Å²) in [4.78, 5) is 10.6. The summed E-state index contributed by atoms with van der Waals surface area (Å²) in [5.74, 6) is -0.946. The molecule has 2 atom stereocenters. The first-order valence-corrected chi connectivity index (χ1v) is 4.03. The highest BCUT2D eigenvalue weighted by atomic mass is 16.4. The highest BCUT2D eigenvalue weighted by Gasteiger charge is 2.21. The van der Waals surface area contributed by atoms with Gasteiger partial charge < -0.3 is 10.4 Å². The van der Waals surface area contributed by atoms with Crippen molar-refractivity contribution >= 4 is 5.97 Å². The maximum atomic E-state index is 10.6. The molecule has 0 aromatic rings. The second-order valence-corrected chi connectivity index (χ2v) is 2.81. The van der Waals surface area contributed by atoms with Gasteiger partial charge in [-0.2, -0.15) is 0 Å². The first-order chi connectivity index (χ1) is 5.13. The van der Waals surface area contributed by atoms with Crippen molar-refractivity contribution in [3.05, 3.63) is 0 Å². The summed E-state index contributed by atoms with van der Waals surface area (Å²) in [5, 5.41) is 11.7. The summed E-state index contributed by atoms with van der Waals surface area (Å²) in [6.45, 7) is 3.90. The van der Waals surface area contributed by atoms with E-state index in [1.54, 1.807) is 7.05 Å². The summed E-state index contributed by atoms with van der Waals surface area (Å²) >= 11 is 0. The monoisotopic (exact) mass is 159 g/mol. The summed E-state index contributed by atoms with van der Waals surface area (Å²) < 4.78 is 0. The molecular weight excluding hydrogens is 142 g/mol. The van der Waals surface area contributed by atoms with E-state index in [1.165, 1.54) is 0 Å². The van der Waals surface area contributed by atoms with Crippen LogP contribution >= 0.6 is 0 Å². The summed E-state index contributed by atoms with van der Waals surface area (Å²) in [5.41, 5.74) is 0. The molecule has 0 aromatic carbocycles. The fraction of sp³-hybridized carbons (Fsp3) is 0.875. The molecule has 0 amide bonds. The molecule has 0 fully saturated rings. The van der Waals surface area contributed by atoms with Crippen molar-refractivity contribution in [1.82, 2.24) is 5.32 Å². The van der Waals surface area contributed by atoms with Crippen LogP contribution in [0.2, 0.25) is 0 Å². The first kappa shape index (κ1) is 10.4. The lowest BCUT2D eigenvalue weighted by Gasteiger charge is -2.18. The quantitative estimate of drug-likeness (QED) is 0.631. The van der Waals surface area contributed by atoms with Crippen molar-refractivity contribution < 1.29 is 9.90 Å². The van der Waals surface area contributed by atoms with Gasteiger partial charge >= 0.3 is 5.97 Å². The lowest BCUT2D eigenvalue weighted by molar-refractivity contribution is -0.142. The maximum absolute atomic E-state index is 10.6. The van der Waals surface area contributed by atoms with Crippen molar-refractivity contribution in [2.45, 2.75) is 32.7 Å². The zero-order valence-electron chi connectivity index (χ0n) is 7.42. The van der Waals surface area contributed by atoms with Crippen LogP contribution in [0.1, 0.15) is 26.7 Å². The van der Waals surface area contributed by atoms with E-state index in [-0.39, 0.29) is 12.0 Å². The smallest absolute Gasteiger partial charge is 0.308 e. The van der Waals surface area contributed by atoms with Crippen LogP contribution in [0.5, 0.6) is 0 Å². The standard InChI is InChI=1S/C8H17NO2/c1-4-5-7(8(10)11)6(2)9-3/h6-7,9H,4-5H2,1-3H3,(H,10,11). The zero-order valence-corrected chi connectivity index (χ0v) is 7.42. The van der Waals surface area contributed by atoms with E-state index >= 15 is 0 Å². The SMILES string of the molecule is CCCC(C(=O)O)C(C)NC. The molecule has 0 saturated carbocycles. The van der Waals surface area contributed by atoms with Crippen LogP contribution in [-0.4, -0.2) is 24.2 Å². The average molecular weight is 159 g/mol. The molecule has 3 nitrogen and oxygen atoms in total. The van der Waals surface area contributed by atoms with E-state index in [1.807, 2.05) is 13.8 Å². The summed E-state index contributed by atoms with van der Waals surface area (Å²) in [7, 11) is 1.79. The van der Waals surface area contributed by atoms with Crippen LogP contribution in [-0.2, 0) is 4.79 Å². The van der Waals surface area contributed by atoms with Gasteiger partial charge in [-0.05, 0) is 20.4 Å². The average Bonchev–Trinajstić information content (AvgIpc) is 1.98. The minimum Gasteiger partial charge on any atom is -0.481 e. The van der Waals surface area contributed by atoms with Gasteiger partial charge in [0.15, 0.2) is 0 Å². The van der Waals surface area contributed by atoms with Crippen LogP contribution in [0.25, 0.3) is 0 Å². The van der Waals surface area contributed by atoms with Gasteiger partial charge in [-0.3, -0.25) is 4.79 Å². The van der Waals surface area contributed by atoms with E-state index in [0.29, 0.717) is 0 Å². The van der Waals surface area contributed by atoms with Gasteiger partial charge in [-0.15, -0.1) is 0 Å². The van der Waals surface area contributed by atoms with E-state index < -0.39 is 5.97 Å². The Morgan fingerprint density at radius 3 is 2.45 bits per heavy atom.